The van der Waals surface area contributed by atoms with Crippen LogP contribution >= 0.6 is 11.6 Å². The molecule has 2 amide bonds. The maximum Gasteiger partial charge on any atom is 0.319 e. The molecule has 1 aromatic rings. The van der Waals surface area contributed by atoms with Gasteiger partial charge < -0.3 is 15.4 Å². The van der Waals surface area contributed by atoms with Crippen molar-refractivity contribution in [3.63, 3.8) is 0 Å². The van der Waals surface area contributed by atoms with Gasteiger partial charge in [-0.25, -0.2) is 4.79 Å². The average molecular weight is 324 g/mol. The van der Waals surface area contributed by atoms with Crippen molar-refractivity contribution in [1.29, 1.82) is 5.26 Å². The van der Waals surface area contributed by atoms with E-state index in [4.69, 9.17) is 16.9 Å². The molecule has 0 aliphatic carbocycles. The van der Waals surface area contributed by atoms with Gasteiger partial charge in [0.05, 0.1) is 17.7 Å². The normalized spacial score (nSPS) is 9.68. The zero-order valence-electron chi connectivity index (χ0n) is 12.3. The maximum atomic E-state index is 11.7. The van der Waals surface area contributed by atoms with Crippen LogP contribution in [0.15, 0.2) is 18.2 Å². The highest BCUT2D eigenvalue weighted by Gasteiger charge is 2.05. The number of carbonyl (C=O) groups excluding carboxylic acids is 2. The quantitative estimate of drug-likeness (QED) is 0.596. The highest BCUT2D eigenvalue weighted by Crippen LogP contribution is 2.19. The van der Waals surface area contributed by atoms with Crippen molar-refractivity contribution in [2.24, 2.45) is 0 Å². The van der Waals surface area contributed by atoms with Gasteiger partial charge in [0.2, 0.25) is 0 Å². The lowest BCUT2D eigenvalue weighted by Crippen LogP contribution is -2.29. The Morgan fingerprint density at radius 1 is 1.32 bits per heavy atom. The van der Waals surface area contributed by atoms with Gasteiger partial charge in [-0.15, -0.1) is 0 Å². The SMILES string of the molecule is COC(=O)CCCCCNC(=O)Nc1ccc(C#N)c(Cl)c1. The molecule has 118 valence electrons. The smallest absolute Gasteiger partial charge is 0.319 e. The Bertz CT molecular complexity index is 570. The summed E-state index contributed by atoms with van der Waals surface area (Å²) >= 11 is 5.88. The highest BCUT2D eigenvalue weighted by molar-refractivity contribution is 6.32. The lowest BCUT2D eigenvalue weighted by Gasteiger charge is -2.08. The van der Waals surface area contributed by atoms with Gasteiger partial charge in [0, 0.05) is 18.7 Å². The topological polar surface area (TPSA) is 91.2 Å². The first kappa shape index (κ1) is 17.8. The minimum Gasteiger partial charge on any atom is -0.469 e. The van der Waals surface area contributed by atoms with Crippen molar-refractivity contribution >= 4 is 29.3 Å². The van der Waals surface area contributed by atoms with E-state index in [-0.39, 0.29) is 12.0 Å². The van der Waals surface area contributed by atoms with Gasteiger partial charge in [-0.3, -0.25) is 4.79 Å². The van der Waals surface area contributed by atoms with Gasteiger partial charge in [-0.1, -0.05) is 18.0 Å². The number of carbonyl (C=O) groups is 2. The molecular formula is C15H18ClN3O3. The van der Waals surface area contributed by atoms with E-state index in [1.165, 1.54) is 13.2 Å². The van der Waals surface area contributed by atoms with Crippen molar-refractivity contribution in [1.82, 2.24) is 5.32 Å². The average Bonchev–Trinajstić information content (AvgIpc) is 2.50. The predicted octanol–water partition coefficient (Wildman–Crippen LogP) is 3.07. The van der Waals surface area contributed by atoms with E-state index in [1.54, 1.807) is 12.1 Å². The molecule has 2 N–H and O–H groups in total. The summed E-state index contributed by atoms with van der Waals surface area (Å²) in [6.45, 7) is 0.511. The molecule has 0 unspecified atom stereocenters. The Labute approximate surface area is 134 Å². The Balaban J connectivity index is 2.22. The molecule has 0 heterocycles. The van der Waals surface area contributed by atoms with Crippen molar-refractivity contribution in [3.8, 4) is 6.07 Å². The highest BCUT2D eigenvalue weighted by atomic mass is 35.5. The second-order valence-electron chi connectivity index (χ2n) is 4.57. The predicted molar refractivity (Wildman–Crippen MR) is 83.7 cm³/mol. The molecule has 0 aliphatic heterocycles. The van der Waals surface area contributed by atoms with E-state index in [0.29, 0.717) is 29.2 Å². The van der Waals surface area contributed by atoms with Crippen molar-refractivity contribution in [3.05, 3.63) is 28.8 Å². The van der Waals surface area contributed by atoms with E-state index in [1.807, 2.05) is 6.07 Å². The molecule has 0 spiro atoms. The standard InChI is InChI=1S/C15H18ClN3O3/c1-22-14(20)5-3-2-4-8-18-15(21)19-12-7-6-11(10-17)13(16)9-12/h6-7,9H,2-5,8H2,1H3,(H2,18,19,21). The van der Waals surface area contributed by atoms with Gasteiger partial charge in [0.1, 0.15) is 6.07 Å². The molecule has 1 aromatic carbocycles. The Kier molecular flexibility index (Phi) is 7.79. The Morgan fingerprint density at radius 3 is 2.73 bits per heavy atom. The lowest BCUT2D eigenvalue weighted by atomic mass is 10.2. The van der Waals surface area contributed by atoms with E-state index in [9.17, 15) is 9.59 Å². The van der Waals surface area contributed by atoms with Crippen molar-refractivity contribution in [2.45, 2.75) is 25.7 Å². The number of benzene rings is 1. The molecule has 22 heavy (non-hydrogen) atoms. The number of ether oxygens (including phenoxy) is 1. The van der Waals surface area contributed by atoms with E-state index in [0.717, 1.165) is 19.3 Å². The zero-order chi connectivity index (χ0) is 16.4. The summed E-state index contributed by atoms with van der Waals surface area (Å²) in [5, 5.41) is 14.4. The molecule has 6 nitrogen and oxygen atoms in total. The molecule has 0 fully saturated rings. The molecule has 0 saturated carbocycles. The summed E-state index contributed by atoms with van der Waals surface area (Å²) in [4.78, 5) is 22.6. The van der Waals surface area contributed by atoms with Crippen LogP contribution in [0, 0.1) is 11.3 Å². The summed E-state index contributed by atoms with van der Waals surface area (Å²) < 4.78 is 4.54. The number of urea groups is 1. The number of rotatable bonds is 7. The maximum absolute atomic E-state index is 11.7. The fourth-order valence-electron chi connectivity index (χ4n) is 1.73. The molecule has 0 radical (unpaired) electrons. The molecule has 0 aromatic heterocycles. The number of esters is 1. The number of hydrogen-bond acceptors (Lipinski definition) is 4. The second kappa shape index (κ2) is 9.64. The Morgan fingerprint density at radius 2 is 2.09 bits per heavy atom. The number of hydrogen-bond donors (Lipinski definition) is 2. The van der Waals surface area contributed by atoms with Crippen LogP contribution in [0.5, 0.6) is 0 Å². The third-order valence-electron chi connectivity index (χ3n) is 2.92. The molecule has 0 atom stereocenters. The largest absolute Gasteiger partial charge is 0.469 e. The van der Waals surface area contributed by atoms with E-state index < -0.39 is 0 Å². The number of anilines is 1. The third kappa shape index (κ3) is 6.46. The second-order valence-corrected chi connectivity index (χ2v) is 4.98. The first-order chi connectivity index (χ1) is 10.6. The molecule has 0 aliphatic rings. The van der Waals surface area contributed by atoms with Crippen LogP contribution in [0.25, 0.3) is 0 Å². The van der Waals surface area contributed by atoms with Crippen molar-refractivity contribution in [2.75, 3.05) is 19.0 Å². The number of methoxy groups -OCH3 is 1. The zero-order valence-corrected chi connectivity index (χ0v) is 13.1. The third-order valence-corrected chi connectivity index (χ3v) is 3.23. The van der Waals surface area contributed by atoms with Gasteiger partial charge in [0.15, 0.2) is 0 Å². The monoisotopic (exact) mass is 323 g/mol. The number of nitrogens with zero attached hydrogens (tertiary/aromatic N) is 1. The molecular weight excluding hydrogens is 306 g/mol. The van der Waals surface area contributed by atoms with Crippen LogP contribution in [0.3, 0.4) is 0 Å². The van der Waals surface area contributed by atoms with Crippen LogP contribution < -0.4 is 10.6 Å². The van der Waals surface area contributed by atoms with E-state index >= 15 is 0 Å². The van der Waals surface area contributed by atoms with Gasteiger partial charge >= 0.3 is 12.0 Å². The number of amides is 2. The van der Waals surface area contributed by atoms with Gasteiger partial charge in [0.25, 0.3) is 0 Å². The summed E-state index contributed by atoms with van der Waals surface area (Å²) in [7, 11) is 1.36. The van der Waals surface area contributed by atoms with E-state index in [2.05, 4.69) is 15.4 Å². The van der Waals surface area contributed by atoms with Crippen LogP contribution in [0.1, 0.15) is 31.2 Å². The molecule has 0 bridgehead atoms. The van der Waals surface area contributed by atoms with Crippen LogP contribution in [-0.4, -0.2) is 25.7 Å². The minimum atomic E-state index is -0.339. The van der Waals surface area contributed by atoms with Crippen molar-refractivity contribution < 1.29 is 14.3 Å². The first-order valence-corrected chi connectivity index (χ1v) is 7.26. The molecule has 1 rings (SSSR count). The Hall–Kier alpha value is -2.26. The minimum absolute atomic E-state index is 0.219. The van der Waals surface area contributed by atoms with Crippen LogP contribution in [0.4, 0.5) is 10.5 Å². The summed E-state index contributed by atoms with van der Waals surface area (Å²) in [6, 6.07) is 6.29. The fourth-order valence-corrected chi connectivity index (χ4v) is 1.96. The summed E-state index contributed by atoms with van der Waals surface area (Å²) in [5.41, 5.74) is 0.880. The first-order valence-electron chi connectivity index (χ1n) is 6.88. The van der Waals surface area contributed by atoms with Gasteiger partial charge in [-0.2, -0.15) is 5.26 Å². The number of halogens is 1. The van der Waals surface area contributed by atoms with Gasteiger partial charge in [-0.05, 0) is 31.0 Å². The van der Waals surface area contributed by atoms with Crippen LogP contribution in [-0.2, 0) is 9.53 Å². The molecule has 0 saturated heterocycles. The fraction of sp³-hybridized carbons (Fsp3) is 0.400. The summed E-state index contributed by atoms with van der Waals surface area (Å²) in [6.07, 6.45) is 2.74. The summed E-state index contributed by atoms with van der Waals surface area (Å²) in [5.74, 6) is -0.219. The number of nitriles is 1. The lowest BCUT2D eigenvalue weighted by molar-refractivity contribution is -0.140. The van der Waals surface area contributed by atoms with Crippen LogP contribution in [0.2, 0.25) is 5.02 Å². The number of nitrogens with one attached hydrogen (secondary N) is 2. The molecule has 7 heteroatoms. The number of unbranched alkanes of at least 4 members (excludes halogenated alkanes) is 2.